The molecule has 0 amide bonds. The molecule has 9 heteroatoms. The van der Waals surface area contributed by atoms with Crippen LogP contribution in [0.3, 0.4) is 0 Å². The Hall–Kier alpha value is -0.770. The number of guanidine groups is 1. The smallest absolute Gasteiger partial charge is 0.215 e. The van der Waals surface area contributed by atoms with Gasteiger partial charge in [0.2, 0.25) is 10.0 Å². The minimum absolute atomic E-state index is 0.0978. The van der Waals surface area contributed by atoms with E-state index in [9.17, 15) is 8.42 Å². The summed E-state index contributed by atoms with van der Waals surface area (Å²) in [4.78, 5) is 4.48. The molecule has 0 unspecified atom stereocenters. The summed E-state index contributed by atoms with van der Waals surface area (Å²) in [6.45, 7) is 4.94. The largest absolute Gasteiger partial charge is 0.357 e. The van der Waals surface area contributed by atoms with Crippen molar-refractivity contribution in [3.05, 3.63) is 22.4 Å². The molecule has 6 nitrogen and oxygen atoms in total. The van der Waals surface area contributed by atoms with Crippen LogP contribution < -0.4 is 10.6 Å². The Kier molecular flexibility index (Phi) is 7.68. The number of aliphatic imine (C=N–C) groups is 1. The molecule has 2 rings (SSSR count). The first kappa shape index (κ1) is 18.6. The van der Waals surface area contributed by atoms with E-state index in [2.05, 4.69) is 21.0 Å². The van der Waals surface area contributed by atoms with Crippen molar-refractivity contribution in [1.82, 2.24) is 14.9 Å². The summed E-state index contributed by atoms with van der Waals surface area (Å²) in [5.41, 5.74) is 1.16. The lowest BCUT2D eigenvalue weighted by molar-refractivity contribution is 0.443. The maximum absolute atomic E-state index is 12.3. The fourth-order valence-electron chi connectivity index (χ4n) is 2.15. The number of nitrogens with zero attached hydrogens (tertiary/aromatic N) is 2. The van der Waals surface area contributed by atoms with Crippen LogP contribution in [0.2, 0.25) is 0 Å². The molecule has 0 atom stereocenters. The van der Waals surface area contributed by atoms with Crippen LogP contribution >= 0.6 is 23.1 Å². The summed E-state index contributed by atoms with van der Waals surface area (Å²) >= 11 is 3.45. The van der Waals surface area contributed by atoms with Gasteiger partial charge in [0.25, 0.3) is 0 Å². The van der Waals surface area contributed by atoms with Gasteiger partial charge in [-0.05, 0) is 29.3 Å². The lowest BCUT2D eigenvalue weighted by atomic mass is 10.3. The summed E-state index contributed by atoms with van der Waals surface area (Å²) in [5.74, 6) is 2.53. The molecule has 0 saturated carbocycles. The van der Waals surface area contributed by atoms with Gasteiger partial charge in [0, 0.05) is 37.7 Å². The summed E-state index contributed by atoms with van der Waals surface area (Å²) in [7, 11) is -3.18. The number of thioether (sulfide) groups is 1. The fourth-order valence-corrected chi connectivity index (χ4v) is 5.30. The topological polar surface area (TPSA) is 73.8 Å². The van der Waals surface area contributed by atoms with Crippen LogP contribution in [0.1, 0.15) is 12.5 Å². The molecule has 0 aromatic carbocycles. The zero-order chi connectivity index (χ0) is 16.5. The number of hydrogen-bond acceptors (Lipinski definition) is 5. The van der Waals surface area contributed by atoms with Crippen LogP contribution in [0.25, 0.3) is 0 Å². The van der Waals surface area contributed by atoms with Crippen molar-refractivity contribution in [3.8, 4) is 0 Å². The molecule has 1 aromatic rings. The van der Waals surface area contributed by atoms with Gasteiger partial charge in [-0.25, -0.2) is 17.7 Å². The molecule has 2 heterocycles. The van der Waals surface area contributed by atoms with Gasteiger partial charge in [-0.1, -0.05) is 0 Å². The number of nitrogens with one attached hydrogen (secondary N) is 2. The lowest BCUT2D eigenvalue weighted by Gasteiger charge is -2.25. The molecule has 2 N–H and O–H groups in total. The Morgan fingerprint density at radius 2 is 2.13 bits per heavy atom. The van der Waals surface area contributed by atoms with E-state index in [0.29, 0.717) is 32.1 Å². The van der Waals surface area contributed by atoms with E-state index in [1.165, 1.54) is 0 Å². The Labute approximate surface area is 146 Å². The van der Waals surface area contributed by atoms with Crippen molar-refractivity contribution in [1.29, 1.82) is 0 Å². The van der Waals surface area contributed by atoms with E-state index < -0.39 is 10.0 Å². The monoisotopic (exact) mass is 376 g/mol. The number of hydrogen-bond donors (Lipinski definition) is 2. The van der Waals surface area contributed by atoms with Crippen molar-refractivity contribution in [3.63, 3.8) is 0 Å². The van der Waals surface area contributed by atoms with Gasteiger partial charge >= 0.3 is 0 Å². The third kappa shape index (κ3) is 6.33. The molecule has 0 radical (unpaired) electrons. The third-order valence-electron chi connectivity index (χ3n) is 3.36. The average molecular weight is 377 g/mol. The van der Waals surface area contributed by atoms with Gasteiger partial charge in [-0.15, -0.1) is 0 Å². The SMILES string of the molecule is CCNC(=NCc1ccsc1)NCCS(=O)(=O)N1CCSCC1. The second-order valence-electron chi connectivity index (χ2n) is 5.08. The van der Waals surface area contributed by atoms with E-state index in [4.69, 9.17) is 0 Å². The normalized spacial score (nSPS) is 17.2. The van der Waals surface area contributed by atoms with Crippen molar-refractivity contribution in [2.75, 3.05) is 43.4 Å². The first-order valence-electron chi connectivity index (χ1n) is 7.70. The Morgan fingerprint density at radius 3 is 2.78 bits per heavy atom. The quantitative estimate of drug-likeness (QED) is 0.552. The van der Waals surface area contributed by atoms with Gasteiger partial charge < -0.3 is 10.6 Å². The lowest BCUT2D eigenvalue weighted by Crippen LogP contribution is -2.44. The first-order chi connectivity index (χ1) is 11.1. The highest BCUT2D eigenvalue weighted by Crippen LogP contribution is 2.13. The van der Waals surface area contributed by atoms with E-state index >= 15 is 0 Å². The first-order valence-corrected chi connectivity index (χ1v) is 11.4. The standard InChI is InChI=1S/C14H24N4O2S3/c1-2-15-14(17-11-13-3-7-22-12-13)16-4-10-23(19,20)18-5-8-21-9-6-18/h3,7,12H,2,4-6,8-11H2,1H3,(H2,15,16,17). The van der Waals surface area contributed by atoms with Crippen LogP contribution in [-0.2, 0) is 16.6 Å². The van der Waals surface area contributed by atoms with Crippen molar-refractivity contribution in [2.45, 2.75) is 13.5 Å². The maximum Gasteiger partial charge on any atom is 0.215 e. The predicted octanol–water partition coefficient (Wildman–Crippen LogP) is 1.18. The molecule has 1 aromatic heterocycles. The van der Waals surface area contributed by atoms with Crippen molar-refractivity contribution >= 4 is 39.1 Å². The van der Waals surface area contributed by atoms with Crippen LogP contribution in [0, 0.1) is 0 Å². The molecule has 0 bridgehead atoms. The molecule has 1 saturated heterocycles. The number of sulfonamides is 1. The average Bonchev–Trinajstić information content (AvgIpc) is 3.07. The van der Waals surface area contributed by atoms with Gasteiger partial charge in [0.05, 0.1) is 12.3 Å². The highest BCUT2D eigenvalue weighted by Gasteiger charge is 2.23. The van der Waals surface area contributed by atoms with Crippen molar-refractivity contribution < 1.29 is 8.42 Å². The van der Waals surface area contributed by atoms with E-state index in [1.54, 1.807) is 27.4 Å². The zero-order valence-electron chi connectivity index (χ0n) is 13.3. The van der Waals surface area contributed by atoms with Crippen LogP contribution in [0.5, 0.6) is 0 Å². The molecule has 1 aliphatic rings. The molecule has 1 aliphatic heterocycles. The van der Waals surface area contributed by atoms with Gasteiger partial charge in [0.15, 0.2) is 5.96 Å². The molecule has 0 spiro atoms. The Balaban J connectivity index is 1.82. The highest BCUT2D eigenvalue weighted by atomic mass is 32.2. The van der Waals surface area contributed by atoms with Gasteiger partial charge in [0.1, 0.15) is 0 Å². The van der Waals surface area contributed by atoms with Gasteiger partial charge in [-0.3, -0.25) is 0 Å². The fraction of sp³-hybridized carbons (Fsp3) is 0.643. The van der Waals surface area contributed by atoms with Gasteiger partial charge in [-0.2, -0.15) is 23.1 Å². The minimum Gasteiger partial charge on any atom is -0.357 e. The summed E-state index contributed by atoms with van der Waals surface area (Å²) in [5, 5.41) is 10.3. The molecule has 130 valence electrons. The highest BCUT2D eigenvalue weighted by molar-refractivity contribution is 7.99. The number of rotatable bonds is 7. The zero-order valence-corrected chi connectivity index (χ0v) is 15.8. The minimum atomic E-state index is -3.18. The molecular formula is C14H24N4O2S3. The molecular weight excluding hydrogens is 352 g/mol. The summed E-state index contributed by atoms with van der Waals surface area (Å²) in [6.07, 6.45) is 0. The molecule has 0 aliphatic carbocycles. The van der Waals surface area contributed by atoms with Crippen LogP contribution in [0.15, 0.2) is 21.8 Å². The molecule has 23 heavy (non-hydrogen) atoms. The maximum atomic E-state index is 12.3. The third-order valence-corrected chi connectivity index (χ3v) is 6.91. The second-order valence-corrected chi connectivity index (χ2v) is 9.17. The molecule has 1 fully saturated rings. The Morgan fingerprint density at radius 1 is 1.35 bits per heavy atom. The van der Waals surface area contributed by atoms with Crippen LogP contribution in [-0.4, -0.2) is 62.1 Å². The Bertz CT molecular complexity index is 581. The van der Waals surface area contributed by atoms with E-state index in [1.807, 2.05) is 18.4 Å². The van der Waals surface area contributed by atoms with E-state index in [-0.39, 0.29) is 5.75 Å². The number of thiophene rings is 1. The second kappa shape index (κ2) is 9.51. The summed E-state index contributed by atoms with van der Waals surface area (Å²) < 4.78 is 26.2. The predicted molar refractivity (Wildman–Crippen MR) is 99.8 cm³/mol. The van der Waals surface area contributed by atoms with Crippen molar-refractivity contribution in [2.24, 2.45) is 4.99 Å². The van der Waals surface area contributed by atoms with Crippen LogP contribution in [0.4, 0.5) is 0 Å². The van der Waals surface area contributed by atoms with E-state index in [0.717, 1.165) is 23.6 Å². The summed E-state index contributed by atoms with van der Waals surface area (Å²) in [6, 6.07) is 2.04.